The summed E-state index contributed by atoms with van der Waals surface area (Å²) in [5.74, 6) is 1.44. The summed E-state index contributed by atoms with van der Waals surface area (Å²) >= 11 is 1.90. The fourth-order valence-electron chi connectivity index (χ4n) is 2.06. The first-order chi connectivity index (χ1) is 9.16. The molecule has 5 heteroatoms. The smallest absolute Gasteiger partial charge is 0.335 e. The standard InChI is InChI=1S/C14H17NO3S/c16-13(11-5-7-19-8-6-11)15-9-10-1-3-12(4-2-10)14(17)18/h1-4,11H,5-9H2,(H,15,16)(H,17,18). The first-order valence-corrected chi connectivity index (χ1v) is 7.50. The van der Waals surface area contributed by atoms with E-state index in [2.05, 4.69) is 5.32 Å². The average molecular weight is 279 g/mol. The topological polar surface area (TPSA) is 66.4 Å². The van der Waals surface area contributed by atoms with E-state index >= 15 is 0 Å². The van der Waals surface area contributed by atoms with Crippen LogP contribution in [0, 0.1) is 5.92 Å². The van der Waals surface area contributed by atoms with Crippen LogP contribution in [0.15, 0.2) is 24.3 Å². The molecule has 0 radical (unpaired) electrons. The van der Waals surface area contributed by atoms with Gasteiger partial charge < -0.3 is 10.4 Å². The molecule has 1 aromatic rings. The maximum atomic E-state index is 11.9. The molecule has 1 aliphatic rings. The number of hydrogen-bond acceptors (Lipinski definition) is 3. The van der Waals surface area contributed by atoms with Crippen molar-refractivity contribution in [2.75, 3.05) is 11.5 Å². The van der Waals surface area contributed by atoms with E-state index in [-0.39, 0.29) is 17.4 Å². The van der Waals surface area contributed by atoms with Gasteiger partial charge in [-0.25, -0.2) is 4.79 Å². The van der Waals surface area contributed by atoms with Gasteiger partial charge in [0.15, 0.2) is 0 Å². The zero-order valence-electron chi connectivity index (χ0n) is 10.6. The van der Waals surface area contributed by atoms with Gasteiger partial charge in [0.2, 0.25) is 5.91 Å². The second kappa shape index (κ2) is 6.61. The van der Waals surface area contributed by atoms with Crippen LogP contribution in [-0.2, 0) is 11.3 Å². The minimum atomic E-state index is -0.935. The molecule has 0 bridgehead atoms. The number of carbonyl (C=O) groups is 2. The Morgan fingerprint density at radius 3 is 2.42 bits per heavy atom. The van der Waals surface area contributed by atoms with Gasteiger partial charge >= 0.3 is 5.97 Å². The predicted octanol–water partition coefficient (Wildman–Crippen LogP) is 2.14. The Bertz CT molecular complexity index is 452. The van der Waals surface area contributed by atoms with Crippen molar-refractivity contribution in [2.45, 2.75) is 19.4 Å². The Hall–Kier alpha value is -1.49. The Kier molecular flexibility index (Phi) is 4.85. The second-order valence-corrected chi connectivity index (χ2v) is 5.83. The zero-order valence-corrected chi connectivity index (χ0v) is 11.4. The summed E-state index contributed by atoms with van der Waals surface area (Å²) in [6, 6.07) is 6.59. The molecule has 102 valence electrons. The predicted molar refractivity (Wildman–Crippen MR) is 75.3 cm³/mol. The average Bonchev–Trinajstić information content (AvgIpc) is 2.46. The molecule has 0 unspecified atom stereocenters. The molecular weight excluding hydrogens is 262 g/mol. The summed E-state index contributed by atoms with van der Waals surface area (Å²) in [4.78, 5) is 22.6. The Morgan fingerprint density at radius 2 is 1.84 bits per heavy atom. The number of amides is 1. The van der Waals surface area contributed by atoms with E-state index in [1.54, 1.807) is 24.3 Å². The van der Waals surface area contributed by atoms with Gasteiger partial charge in [-0.3, -0.25) is 4.79 Å². The van der Waals surface area contributed by atoms with Gasteiger partial charge in [-0.1, -0.05) is 12.1 Å². The van der Waals surface area contributed by atoms with Crippen LogP contribution in [0.3, 0.4) is 0 Å². The first-order valence-electron chi connectivity index (χ1n) is 6.34. The van der Waals surface area contributed by atoms with E-state index in [1.165, 1.54) is 0 Å². The molecule has 1 fully saturated rings. The highest BCUT2D eigenvalue weighted by Gasteiger charge is 2.20. The van der Waals surface area contributed by atoms with Crippen molar-refractivity contribution in [3.63, 3.8) is 0 Å². The normalized spacial score (nSPS) is 16.0. The third-order valence-corrected chi connectivity index (χ3v) is 4.31. The molecule has 1 aliphatic heterocycles. The maximum absolute atomic E-state index is 11.9. The Morgan fingerprint density at radius 1 is 1.21 bits per heavy atom. The summed E-state index contributed by atoms with van der Waals surface area (Å²) in [6.07, 6.45) is 1.91. The van der Waals surface area contributed by atoms with E-state index in [1.807, 2.05) is 11.8 Å². The minimum absolute atomic E-state index is 0.114. The lowest BCUT2D eigenvalue weighted by Crippen LogP contribution is -2.32. The van der Waals surface area contributed by atoms with E-state index in [0.29, 0.717) is 6.54 Å². The Balaban J connectivity index is 1.84. The lowest BCUT2D eigenvalue weighted by atomic mass is 10.0. The van der Waals surface area contributed by atoms with Gasteiger partial charge in [0, 0.05) is 12.5 Å². The number of aromatic carboxylic acids is 1. The minimum Gasteiger partial charge on any atom is -0.478 e. The van der Waals surface area contributed by atoms with Crippen LogP contribution in [0.2, 0.25) is 0 Å². The molecule has 0 aliphatic carbocycles. The monoisotopic (exact) mass is 279 g/mol. The van der Waals surface area contributed by atoms with E-state index in [0.717, 1.165) is 29.9 Å². The quantitative estimate of drug-likeness (QED) is 0.886. The SMILES string of the molecule is O=C(O)c1ccc(CNC(=O)C2CCSCC2)cc1. The van der Waals surface area contributed by atoms with Gasteiger partial charge in [0.05, 0.1) is 5.56 Å². The molecule has 0 atom stereocenters. The van der Waals surface area contributed by atoms with Crippen molar-refractivity contribution in [1.29, 1.82) is 0 Å². The van der Waals surface area contributed by atoms with Gasteiger partial charge in [0.25, 0.3) is 0 Å². The number of hydrogen-bond donors (Lipinski definition) is 2. The molecule has 1 amide bonds. The molecular formula is C14H17NO3S. The summed E-state index contributed by atoms with van der Waals surface area (Å²) in [5.41, 5.74) is 1.18. The summed E-state index contributed by atoms with van der Waals surface area (Å²) in [5, 5.41) is 11.7. The number of rotatable bonds is 4. The highest BCUT2D eigenvalue weighted by molar-refractivity contribution is 7.99. The Labute approximate surface area is 116 Å². The molecule has 1 aromatic carbocycles. The van der Waals surface area contributed by atoms with Crippen LogP contribution >= 0.6 is 11.8 Å². The van der Waals surface area contributed by atoms with E-state index < -0.39 is 5.97 Å². The number of nitrogens with one attached hydrogen (secondary N) is 1. The summed E-state index contributed by atoms with van der Waals surface area (Å²) < 4.78 is 0. The number of carboxylic acids is 1. The van der Waals surface area contributed by atoms with Crippen molar-refractivity contribution >= 4 is 23.6 Å². The van der Waals surface area contributed by atoms with Crippen LogP contribution < -0.4 is 5.32 Å². The van der Waals surface area contributed by atoms with Crippen LogP contribution in [-0.4, -0.2) is 28.5 Å². The molecule has 1 saturated heterocycles. The second-order valence-electron chi connectivity index (χ2n) is 4.61. The third kappa shape index (κ3) is 3.99. The van der Waals surface area contributed by atoms with Crippen molar-refractivity contribution < 1.29 is 14.7 Å². The molecule has 0 aromatic heterocycles. The number of carbonyl (C=O) groups excluding carboxylic acids is 1. The summed E-state index contributed by atoms with van der Waals surface area (Å²) in [6.45, 7) is 0.461. The van der Waals surface area contributed by atoms with Gasteiger partial charge in [-0.15, -0.1) is 0 Å². The molecule has 0 spiro atoms. The molecule has 2 N–H and O–H groups in total. The lowest BCUT2D eigenvalue weighted by Gasteiger charge is -2.20. The number of carboxylic acid groups (broad SMARTS) is 1. The molecule has 1 heterocycles. The molecule has 19 heavy (non-hydrogen) atoms. The lowest BCUT2D eigenvalue weighted by molar-refractivity contribution is -0.125. The van der Waals surface area contributed by atoms with Crippen LogP contribution in [0.25, 0.3) is 0 Å². The molecule has 2 rings (SSSR count). The fourth-order valence-corrected chi connectivity index (χ4v) is 3.16. The highest BCUT2D eigenvalue weighted by Crippen LogP contribution is 2.22. The first kappa shape index (κ1) is 13.9. The largest absolute Gasteiger partial charge is 0.478 e. The highest BCUT2D eigenvalue weighted by atomic mass is 32.2. The summed E-state index contributed by atoms with van der Waals surface area (Å²) in [7, 11) is 0. The van der Waals surface area contributed by atoms with Crippen molar-refractivity contribution in [3.8, 4) is 0 Å². The van der Waals surface area contributed by atoms with Crippen molar-refractivity contribution in [3.05, 3.63) is 35.4 Å². The third-order valence-electron chi connectivity index (χ3n) is 3.26. The van der Waals surface area contributed by atoms with Gasteiger partial charge in [-0.05, 0) is 42.0 Å². The maximum Gasteiger partial charge on any atom is 0.335 e. The number of thioether (sulfide) groups is 1. The van der Waals surface area contributed by atoms with Crippen molar-refractivity contribution in [1.82, 2.24) is 5.32 Å². The van der Waals surface area contributed by atoms with Crippen LogP contribution in [0.1, 0.15) is 28.8 Å². The van der Waals surface area contributed by atoms with Crippen LogP contribution in [0.5, 0.6) is 0 Å². The zero-order chi connectivity index (χ0) is 13.7. The van der Waals surface area contributed by atoms with Crippen LogP contribution in [0.4, 0.5) is 0 Å². The fraction of sp³-hybridized carbons (Fsp3) is 0.429. The van der Waals surface area contributed by atoms with E-state index in [9.17, 15) is 9.59 Å². The van der Waals surface area contributed by atoms with Gasteiger partial charge in [-0.2, -0.15) is 11.8 Å². The molecule has 4 nitrogen and oxygen atoms in total. The van der Waals surface area contributed by atoms with E-state index in [4.69, 9.17) is 5.11 Å². The van der Waals surface area contributed by atoms with Gasteiger partial charge in [0.1, 0.15) is 0 Å². The number of benzene rings is 1. The molecule has 0 saturated carbocycles. The van der Waals surface area contributed by atoms with Crippen molar-refractivity contribution in [2.24, 2.45) is 5.92 Å².